The van der Waals surface area contributed by atoms with Crippen molar-refractivity contribution in [3.63, 3.8) is 0 Å². The Labute approximate surface area is 186 Å². The average Bonchev–Trinajstić information content (AvgIpc) is 2.95. The van der Waals surface area contributed by atoms with Gasteiger partial charge in [-0.1, -0.05) is 38.5 Å². The second-order valence-corrected chi connectivity index (χ2v) is 10.4. The number of thiophene rings is 1. The molecule has 0 fully saturated rings. The van der Waals surface area contributed by atoms with Crippen LogP contribution in [0.5, 0.6) is 11.5 Å². The van der Waals surface area contributed by atoms with Crippen LogP contribution in [0.3, 0.4) is 0 Å². The van der Waals surface area contributed by atoms with Crippen LogP contribution in [-0.4, -0.2) is 36.4 Å². The van der Waals surface area contributed by atoms with Crippen molar-refractivity contribution in [2.24, 2.45) is 0 Å². The summed E-state index contributed by atoms with van der Waals surface area (Å²) in [6, 6.07) is 0. The molecule has 2 rings (SSSR count). The maximum absolute atomic E-state index is 11.9. The van der Waals surface area contributed by atoms with Gasteiger partial charge in [-0.05, 0) is 44.7 Å². The molecule has 1 unspecified atom stereocenters. The van der Waals surface area contributed by atoms with Gasteiger partial charge >= 0.3 is 11.9 Å². The number of unbranched alkanes of at least 4 members (excludes halogenated alkanes) is 7. The number of carbonyl (C=O) groups is 2. The van der Waals surface area contributed by atoms with Gasteiger partial charge in [0.05, 0.1) is 0 Å². The van der Waals surface area contributed by atoms with Crippen molar-refractivity contribution in [2.45, 2.75) is 70.3 Å². The van der Waals surface area contributed by atoms with Crippen LogP contribution in [0.2, 0.25) is 0 Å². The molecule has 1 N–H and O–H groups in total. The third-order valence-electron chi connectivity index (χ3n) is 4.39. The lowest BCUT2D eigenvalue weighted by molar-refractivity contribution is -0.147. The van der Waals surface area contributed by atoms with E-state index in [0.29, 0.717) is 24.5 Å². The van der Waals surface area contributed by atoms with E-state index < -0.39 is 5.97 Å². The normalized spacial score (nSPS) is 15.4. The molecule has 0 aromatic carbocycles. The molecule has 1 aliphatic heterocycles. The number of hydrogen-bond acceptors (Lipinski definition) is 6. The van der Waals surface area contributed by atoms with Crippen LogP contribution in [0.4, 0.5) is 0 Å². The van der Waals surface area contributed by atoms with Gasteiger partial charge in [0.15, 0.2) is 17.6 Å². The smallest absolute Gasteiger partial charge is 0.305 e. The summed E-state index contributed by atoms with van der Waals surface area (Å²) in [5.41, 5.74) is 0. The molecule has 0 aliphatic carbocycles. The molecule has 6 nitrogen and oxygen atoms in total. The first kappa shape index (κ1) is 23.5. The summed E-state index contributed by atoms with van der Waals surface area (Å²) in [4.78, 5) is 22.3. The molecule has 28 heavy (non-hydrogen) atoms. The summed E-state index contributed by atoms with van der Waals surface area (Å²) in [7, 11) is 0. The van der Waals surface area contributed by atoms with E-state index in [4.69, 9.17) is 19.3 Å². The van der Waals surface area contributed by atoms with E-state index in [1.165, 1.54) is 11.3 Å². The maximum Gasteiger partial charge on any atom is 0.305 e. The Kier molecular flexibility index (Phi) is 10.6. The number of carbonyl (C=O) groups excluding carboxylic acids is 1. The van der Waals surface area contributed by atoms with E-state index in [-0.39, 0.29) is 25.1 Å². The number of carboxylic acids is 1. The molecule has 1 atom stereocenters. The molecule has 0 saturated heterocycles. The van der Waals surface area contributed by atoms with Gasteiger partial charge in [0.2, 0.25) is 0 Å². The van der Waals surface area contributed by atoms with Crippen molar-refractivity contribution in [1.82, 2.24) is 0 Å². The van der Waals surface area contributed by atoms with Crippen LogP contribution in [0.25, 0.3) is 0 Å². The largest absolute Gasteiger partial charge is 0.484 e. The topological polar surface area (TPSA) is 82.1 Å². The summed E-state index contributed by atoms with van der Waals surface area (Å²) in [5.74, 6) is 0.439. The number of carboxylic acid groups (broad SMARTS) is 1. The molecule has 1 aromatic heterocycles. The number of halogens is 2. The molecule has 0 bridgehead atoms. The standard InChI is InChI=1S/C19H26Br2O6S/c20-18-16-17(19(21)28-18)27-13(12-26-16)11-25-15(24)10-8-6-4-2-1-3-5-7-9-14(22)23/h13H,1-12H2,(H,22,23). The van der Waals surface area contributed by atoms with Gasteiger partial charge < -0.3 is 19.3 Å². The van der Waals surface area contributed by atoms with Gasteiger partial charge in [0, 0.05) is 12.8 Å². The molecule has 0 spiro atoms. The maximum atomic E-state index is 11.9. The van der Waals surface area contributed by atoms with Gasteiger partial charge in [-0.3, -0.25) is 9.59 Å². The van der Waals surface area contributed by atoms with Crippen molar-refractivity contribution in [1.29, 1.82) is 0 Å². The van der Waals surface area contributed by atoms with Crippen LogP contribution in [0.1, 0.15) is 64.2 Å². The Morgan fingerprint density at radius 1 is 0.964 bits per heavy atom. The van der Waals surface area contributed by atoms with E-state index in [2.05, 4.69) is 31.9 Å². The lowest BCUT2D eigenvalue weighted by atomic mass is 10.1. The second-order valence-electron chi connectivity index (χ2n) is 6.76. The Morgan fingerprint density at radius 2 is 1.54 bits per heavy atom. The molecule has 1 aliphatic rings. The Bertz CT molecular complexity index is 649. The third kappa shape index (κ3) is 8.29. The SMILES string of the molecule is O=C(O)CCCCCCCCCCC(=O)OCC1COc2c(Br)sc(Br)c2O1. The molecule has 9 heteroatoms. The van der Waals surface area contributed by atoms with Crippen LogP contribution >= 0.6 is 43.2 Å². The second kappa shape index (κ2) is 12.7. The molecule has 0 saturated carbocycles. The monoisotopic (exact) mass is 540 g/mol. The fourth-order valence-corrected chi connectivity index (χ4v) is 5.72. The van der Waals surface area contributed by atoms with Gasteiger partial charge in [0.25, 0.3) is 0 Å². The Balaban J connectivity index is 1.46. The minimum atomic E-state index is -0.716. The molecular weight excluding hydrogens is 516 g/mol. The van der Waals surface area contributed by atoms with Crippen molar-refractivity contribution < 1.29 is 28.9 Å². The minimum Gasteiger partial charge on any atom is -0.484 e. The zero-order chi connectivity index (χ0) is 20.4. The van der Waals surface area contributed by atoms with Gasteiger partial charge in [-0.15, -0.1) is 11.3 Å². The van der Waals surface area contributed by atoms with Gasteiger partial charge in [-0.25, -0.2) is 0 Å². The molecule has 2 heterocycles. The summed E-state index contributed by atoms with van der Waals surface area (Å²) in [5, 5.41) is 8.57. The number of hydrogen-bond donors (Lipinski definition) is 1. The van der Waals surface area contributed by atoms with Crippen molar-refractivity contribution >= 4 is 55.1 Å². The number of esters is 1. The predicted molar refractivity (Wildman–Crippen MR) is 114 cm³/mol. The lowest BCUT2D eigenvalue weighted by Gasteiger charge is -2.24. The van der Waals surface area contributed by atoms with Crippen LogP contribution in [0, 0.1) is 0 Å². The Morgan fingerprint density at radius 3 is 2.18 bits per heavy atom. The van der Waals surface area contributed by atoms with Crippen LogP contribution in [0.15, 0.2) is 7.57 Å². The van der Waals surface area contributed by atoms with E-state index in [1.54, 1.807) is 0 Å². The number of rotatable bonds is 13. The van der Waals surface area contributed by atoms with E-state index in [9.17, 15) is 9.59 Å². The minimum absolute atomic E-state index is 0.189. The van der Waals surface area contributed by atoms with Crippen molar-refractivity contribution in [2.75, 3.05) is 13.2 Å². The van der Waals surface area contributed by atoms with E-state index in [0.717, 1.165) is 58.9 Å². The number of aliphatic carboxylic acids is 1. The first-order valence-corrected chi connectivity index (χ1v) is 12.0. The molecule has 158 valence electrons. The van der Waals surface area contributed by atoms with Crippen molar-refractivity contribution in [3.05, 3.63) is 7.57 Å². The highest BCUT2D eigenvalue weighted by molar-refractivity contribution is 9.12. The molecule has 1 aromatic rings. The highest BCUT2D eigenvalue weighted by atomic mass is 79.9. The van der Waals surface area contributed by atoms with E-state index >= 15 is 0 Å². The van der Waals surface area contributed by atoms with E-state index in [1.807, 2.05) is 0 Å². The zero-order valence-electron chi connectivity index (χ0n) is 15.7. The number of fused-ring (bicyclic) bond motifs is 1. The fourth-order valence-electron chi connectivity index (χ4n) is 2.90. The summed E-state index contributed by atoms with van der Waals surface area (Å²) in [6.07, 6.45) is 8.39. The zero-order valence-corrected chi connectivity index (χ0v) is 19.7. The first-order chi connectivity index (χ1) is 13.5. The number of ether oxygens (including phenoxy) is 3. The first-order valence-electron chi connectivity index (χ1n) is 9.62. The molecular formula is C19H26Br2O6S. The van der Waals surface area contributed by atoms with Gasteiger partial charge in [0.1, 0.15) is 20.8 Å². The Hall–Kier alpha value is -0.800. The highest BCUT2D eigenvalue weighted by Crippen LogP contribution is 2.50. The summed E-state index contributed by atoms with van der Waals surface area (Å²) in [6.45, 7) is 0.545. The third-order valence-corrected chi connectivity index (χ3v) is 6.81. The predicted octanol–water partition coefficient (Wildman–Crippen LogP) is 5.94. The van der Waals surface area contributed by atoms with Gasteiger partial charge in [-0.2, -0.15) is 0 Å². The van der Waals surface area contributed by atoms with Crippen LogP contribution < -0.4 is 9.47 Å². The quantitative estimate of drug-likeness (QED) is 0.246. The fraction of sp³-hybridized carbons (Fsp3) is 0.684. The molecule has 0 amide bonds. The highest BCUT2D eigenvalue weighted by Gasteiger charge is 2.28. The van der Waals surface area contributed by atoms with Crippen LogP contribution in [-0.2, 0) is 14.3 Å². The average molecular weight is 542 g/mol. The molecule has 0 radical (unpaired) electrons. The summed E-state index contributed by atoms with van der Waals surface area (Å²) < 4.78 is 18.6. The van der Waals surface area contributed by atoms with Crippen molar-refractivity contribution in [3.8, 4) is 11.5 Å². The summed E-state index contributed by atoms with van der Waals surface area (Å²) >= 11 is 8.36. The lowest BCUT2D eigenvalue weighted by Crippen LogP contribution is -2.34.